The molecule has 0 bridgehead atoms. The fourth-order valence-electron chi connectivity index (χ4n) is 3.12. The van der Waals surface area contributed by atoms with Gasteiger partial charge in [0.25, 0.3) is 0 Å². The second-order valence-corrected chi connectivity index (χ2v) is 7.40. The zero-order chi connectivity index (χ0) is 21.0. The number of halogens is 2. The fourth-order valence-corrected chi connectivity index (χ4v) is 4.13. The highest BCUT2D eigenvalue weighted by molar-refractivity contribution is 9.10. The molecule has 0 unspecified atom stereocenters. The summed E-state index contributed by atoms with van der Waals surface area (Å²) in [5, 5.41) is 6.45. The molecular formula is C22H20BrClN2O3. The van der Waals surface area contributed by atoms with Gasteiger partial charge in [-0.2, -0.15) is 5.10 Å². The molecule has 0 N–H and O–H groups in total. The maximum atomic E-state index is 12.8. The van der Waals surface area contributed by atoms with E-state index in [9.17, 15) is 4.79 Å². The van der Waals surface area contributed by atoms with E-state index in [-0.39, 0.29) is 12.3 Å². The van der Waals surface area contributed by atoms with Crippen LogP contribution in [0.2, 0.25) is 5.02 Å². The van der Waals surface area contributed by atoms with Crippen LogP contribution in [0.4, 0.5) is 0 Å². The lowest BCUT2D eigenvalue weighted by Crippen LogP contribution is -2.29. The number of esters is 1. The number of carbonyl (C=O) groups is 1. The van der Waals surface area contributed by atoms with Crippen LogP contribution in [0.3, 0.4) is 0 Å². The van der Waals surface area contributed by atoms with Crippen molar-refractivity contribution in [3.8, 4) is 0 Å². The molecule has 3 rings (SSSR count). The summed E-state index contributed by atoms with van der Waals surface area (Å²) in [6.45, 7) is 3.93. The van der Waals surface area contributed by atoms with Crippen molar-refractivity contribution in [3.63, 3.8) is 0 Å². The highest BCUT2D eigenvalue weighted by atomic mass is 79.9. The Morgan fingerprint density at radius 1 is 1.24 bits per heavy atom. The minimum atomic E-state index is -0.556. The third-order valence-electron chi connectivity index (χ3n) is 4.32. The molecular weight excluding hydrogens is 456 g/mol. The first kappa shape index (κ1) is 21.1. The zero-order valence-electron chi connectivity index (χ0n) is 16.3. The SMILES string of the molecule is C/C=N\N1C(C(=O)OC)=C(OCc2ccccc2)c2cc(Cl)cc(Br)c2/C1=C\C. The third kappa shape index (κ3) is 4.23. The van der Waals surface area contributed by atoms with E-state index in [1.165, 1.54) is 12.1 Å². The molecule has 0 radical (unpaired) electrons. The number of allylic oxidation sites excluding steroid dienone is 1. The van der Waals surface area contributed by atoms with E-state index < -0.39 is 5.97 Å². The van der Waals surface area contributed by atoms with Crippen molar-refractivity contribution in [2.45, 2.75) is 20.5 Å². The van der Waals surface area contributed by atoms with Gasteiger partial charge >= 0.3 is 5.97 Å². The molecule has 0 saturated heterocycles. The number of methoxy groups -OCH3 is 1. The highest BCUT2D eigenvalue weighted by Crippen LogP contribution is 2.44. The molecule has 2 aromatic carbocycles. The van der Waals surface area contributed by atoms with Gasteiger partial charge in [-0.1, -0.05) is 63.9 Å². The van der Waals surface area contributed by atoms with Crippen molar-refractivity contribution >= 4 is 51.2 Å². The lowest BCUT2D eigenvalue weighted by Gasteiger charge is -2.32. The average Bonchev–Trinajstić information content (AvgIpc) is 2.72. The van der Waals surface area contributed by atoms with Gasteiger partial charge in [-0.15, -0.1) is 0 Å². The molecule has 0 spiro atoms. The number of nitrogens with zero attached hydrogens (tertiary/aromatic N) is 2. The van der Waals surface area contributed by atoms with Crippen molar-refractivity contribution < 1.29 is 14.3 Å². The van der Waals surface area contributed by atoms with E-state index in [1.54, 1.807) is 25.3 Å². The first-order valence-electron chi connectivity index (χ1n) is 8.95. The van der Waals surface area contributed by atoms with Crippen LogP contribution in [0.1, 0.15) is 30.5 Å². The van der Waals surface area contributed by atoms with Crippen LogP contribution in [0.15, 0.2) is 63.8 Å². The van der Waals surface area contributed by atoms with Crippen molar-refractivity contribution in [1.29, 1.82) is 0 Å². The lowest BCUT2D eigenvalue weighted by molar-refractivity contribution is -0.137. The van der Waals surface area contributed by atoms with Gasteiger partial charge < -0.3 is 9.47 Å². The second-order valence-electron chi connectivity index (χ2n) is 6.11. The van der Waals surface area contributed by atoms with Gasteiger partial charge in [-0.05, 0) is 31.5 Å². The number of carbonyl (C=O) groups excluding carboxylic acids is 1. The number of ether oxygens (including phenoxy) is 2. The van der Waals surface area contributed by atoms with Crippen molar-refractivity contribution in [2.75, 3.05) is 7.11 Å². The van der Waals surface area contributed by atoms with Crippen LogP contribution in [-0.2, 0) is 20.9 Å². The van der Waals surface area contributed by atoms with Crippen LogP contribution in [0.25, 0.3) is 11.5 Å². The molecule has 0 saturated carbocycles. The summed E-state index contributed by atoms with van der Waals surface area (Å²) in [5.74, 6) is -0.199. The normalized spacial score (nSPS) is 15.1. The molecule has 1 aliphatic rings. The van der Waals surface area contributed by atoms with E-state index in [0.717, 1.165) is 15.6 Å². The molecule has 0 aliphatic carbocycles. The van der Waals surface area contributed by atoms with E-state index in [0.29, 0.717) is 22.0 Å². The minimum Gasteiger partial charge on any atom is -0.486 e. The Labute approximate surface area is 183 Å². The third-order valence-corrected chi connectivity index (χ3v) is 5.16. The van der Waals surface area contributed by atoms with Gasteiger partial charge in [0.05, 0.1) is 12.8 Å². The predicted molar refractivity (Wildman–Crippen MR) is 119 cm³/mol. The zero-order valence-corrected chi connectivity index (χ0v) is 18.6. The van der Waals surface area contributed by atoms with Crippen LogP contribution < -0.4 is 0 Å². The molecule has 2 aromatic rings. The highest BCUT2D eigenvalue weighted by Gasteiger charge is 2.36. The number of fused-ring (bicyclic) bond motifs is 1. The van der Waals surface area contributed by atoms with Gasteiger partial charge in [-0.3, -0.25) is 0 Å². The predicted octanol–water partition coefficient (Wildman–Crippen LogP) is 5.84. The van der Waals surface area contributed by atoms with Gasteiger partial charge in [0, 0.05) is 26.8 Å². The number of hydrogen-bond acceptors (Lipinski definition) is 5. The smallest absolute Gasteiger partial charge is 0.360 e. The maximum absolute atomic E-state index is 12.8. The van der Waals surface area contributed by atoms with Crippen molar-refractivity contribution in [3.05, 3.63) is 80.4 Å². The summed E-state index contributed by atoms with van der Waals surface area (Å²) in [5.41, 5.74) is 3.40. The van der Waals surface area contributed by atoms with E-state index in [4.69, 9.17) is 21.1 Å². The largest absolute Gasteiger partial charge is 0.486 e. The van der Waals surface area contributed by atoms with Crippen LogP contribution in [0.5, 0.6) is 0 Å². The Hall–Kier alpha value is -2.57. The summed E-state index contributed by atoms with van der Waals surface area (Å²) < 4.78 is 12.0. The monoisotopic (exact) mass is 474 g/mol. The number of hydrazone groups is 1. The van der Waals surface area contributed by atoms with Gasteiger partial charge in [0.15, 0.2) is 11.5 Å². The molecule has 29 heavy (non-hydrogen) atoms. The molecule has 1 aliphatic heterocycles. The van der Waals surface area contributed by atoms with E-state index >= 15 is 0 Å². The lowest BCUT2D eigenvalue weighted by atomic mass is 9.96. The molecule has 0 atom stereocenters. The topological polar surface area (TPSA) is 51.1 Å². The quantitative estimate of drug-likeness (QED) is 0.402. The Kier molecular flexibility index (Phi) is 6.77. The maximum Gasteiger partial charge on any atom is 0.360 e. The summed E-state index contributed by atoms with van der Waals surface area (Å²) in [4.78, 5) is 12.8. The molecule has 150 valence electrons. The van der Waals surface area contributed by atoms with Crippen LogP contribution in [0, 0.1) is 0 Å². The number of hydrogen-bond donors (Lipinski definition) is 0. The molecule has 0 aromatic heterocycles. The summed E-state index contributed by atoms with van der Waals surface area (Å²) >= 11 is 9.92. The number of benzene rings is 2. The van der Waals surface area contributed by atoms with Crippen molar-refractivity contribution in [1.82, 2.24) is 5.01 Å². The molecule has 0 amide bonds. The van der Waals surface area contributed by atoms with Gasteiger partial charge in [-0.25, -0.2) is 9.80 Å². The van der Waals surface area contributed by atoms with Gasteiger partial charge in [0.1, 0.15) is 6.61 Å². The summed E-state index contributed by atoms with van der Waals surface area (Å²) in [7, 11) is 1.33. The van der Waals surface area contributed by atoms with Crippen LogP contribution in [-0.4, -0.2) is 24.3 Å². The molecule has 0 fully saturated rings. The first-order valence-corrected chi connectivity index (χ1v) is 10.1. The van der Waals surface area contributed by atoms with Gasteiger partial charge in [0.2, 0.25) is 0 Å². The Morgan fingerprint density at radius 3 is 2.59 bits per heavy atom. The standard InChI is InChI=1S/C22H20BrClN2O3/c1-4-18-19-16(11-15(24)12-17(19)23)21(29-13-14-9-7-6-8-10-14)20(22(27)28-3)26(18)25-5-2/h4-12H,13H2,1-3H3/b18-4+,25-5-. The first-order chi connectivity index (χ1) is 14.0. The van der Waals surface area contributed by atoms with E-state index in [1.807, 2.05) is 43.3 Å². The Balaban J connectivity index is 2.25. The Bertz CT molecular complexity index is 1020. The van der Waals surface area contributed by atoms with Crippen molar-refractivity contribution in [2.24, 2.45) is 5.10 Å². The Morgan fingerprint density at radius 2 is 1.97 bits per heavy atom. The van der Waals surface area contributed by atoms with E-state index in [2.05, 4.69) is 21.0 Å². The molecule has 7 heteroatoms. The number of rotatable bonds is 5. The minimum absolute atomic E-state index is 0.191. The summed E-state index contributed by atoms with van der Waals surface area (Å²) in [6.07, 6.45) is 3.48. The van der Waals surface area contributed by atoms with Crippen LogP contribution >= 0.6 is 27.5 Å². The molecule has 5 nitrogen and oxygen atoms in total. The average molecular weight is 476 g/mol. The summed E-state index contributed by atoms with van der Waals surface area (Å²) in [6, 6.07) is 13.3. The fraction of sp³-hybridized carbons (Fsp3) is 0.182. The second kappa shape index (κ2) is 9.29. The molecule has 1 heterocycles.